The van der Waals surface area contributed by atoms with E-state index in [-0.39, 0.29) is 11.6 Å². The molecule has 2 rings (SSSR count). The summed E-state index contributed by atoms with van der Waals surface area (Å²) in [7, 11) is 0. The van der Waals surface area contributed by atoms with Crippen LogP contribution in [0.3, 0.4) is 0 Å². The molecule has 0 aromatic heterocycles. The van der Waals surface area contributed by atoms with Gasteiger partial charge in [-0.2, -0.15) is 0 Å². The van der Waals surface area contributed by atoms with E-state index in [1.165, 1.54) is 5.56 Å². The number of nitrogens with one attached hydrogen (secondary N) is 1. The molecule has 0 aliphatic carbocycles. The molecule has 0 radical (unpaired) electrons. The highest BCUT2D eigenvalue weighted by atomic mass is 16.6. The SMILES string of the molecule is CC(C)(C)OC(=O)N1CCC[C@@](C)(NCc2ccccc2)C1. The van der Waals surface area contributed by atoms with Crippen molar-refractivity contribution in [3.63, 3.8) is 0 Å². The first-order valence-electron chi connectivity index (χ1n) is 8.04. The van der Waals surface area contributed by atoms with E-state index < -0.39 is 5.60 Å². The van der Waals surface area contributed by atoms with Crippen molar-refractivity contribution in [2.45, 2.75) is 58.2 Å². The molecule has 1 aromatic carbocycles. The fraction of sp³-hybridized carbons (Fsp3) is 0.611. The van der Waals surface area contributed by atoms with E-state index in [2.05, 4.69) is 24.4 Å². The highest BCUT2D eigenvalue weighted by Gasteiger charge is 2.34. The second-order valence-electron chi connectivity index (χ2n) is 7.41. The fourth-order valence-corrected chi connectivity index (χ4v) is 2.78. The lowest BCUT2D eigenvalue weighted by Crippen LogP contribution is -2.56. The summed E-state index contributed by atoms with van der Waals surface area (Å²) in [6.07, 6.45) is 1.86. The Morgan fingerprint density at radius 2 is 2.00 bits per heavy atom. The van der Waals surface area contributed by atoms with Gasteiger partial charge in [0.2, 0.25) is 0 Å². The number of hydrogen-bond donors (Lipinski definition) is 1. The molecule has 0 unspecified atom stereocenters. The van der Waals surface area contributed by atoms with Gasteiger partial charge in [0.15, 0.2) is 0 Å². The second kappa shape index (κ2) is 6.69. The van der Waals surface area contributed by atoms with E-state index in [4.69, 9.17) is 4.74 Å². The van der Waals surface area contributed by atoms with Gasteiger partial charge in [-0.3, -0.25) is 0 Å². The van der Waals surface area contributed by atoms with Crippen LogP contribution in [0.15, 0.2) is 30.3 Å². The van der Waals surface area contributed by atoms with Crippen molar-refractivity contribution >= 4 is 6.09 Å². The van der Waals surface area contributed by atoms with Gasteiger partial charge in [0, 0.05) is 25.2 Å². The minimum absolute atomic E-state index is 0.0645. The predicted molar refractivity (Wildman–Crippen MR) is 88.7 cm³/mol. The standard InChI is InChI=1S/C18H28N2O2/c1-17(2,3)22-16(21)20-12-8-11-18(4,14-20)19-13-15-9-6-5-7-10-15/h5-7,9-10,19H,8,11-14H2,1-4H3/t18-/m1/s1. The van der Waals surface area contributed by atoms with Crippen LogP contribution in [0.2, 0.25) is 0 Å². The van der Waals surface area contributed by atoms with Crippen LogP contribution in [0.1, 0.15) is 46.1 Å². The first-order chi connectivity index (χ1) is 10.3. The summed E-state index contributed by atoms with van der Waals surface area (Å²) in [4.78, 5) is 14.1. The number of hydrogen-bond acceptors (Lipinski definition) is 3. The predicted octanol–water partition coefficient (Wildman–Crippen LogP) is 3.57. The van der Waals surface area contributed by atoms with Crippen molar-refractivity contribution in [3.8, 4) is 0 Å². The first kappa shape index (κ1) is 16.8. The van der Waals surface area contributed by atoms with Gasteiger partial charge in [0.25, 0.3) is 0 Å². The van der Waals surface area contributed by atoms with Gasteiger partial charge in [0.1, 0.15) is 5.60 Å². The van der Waals surface area contributed by atoms with Crippen LogP contribution >= 0.6 is 0 Å². The van der Waals surface area contributed by atoms with Crippen molar-refractivity contribution < 1.29 is 9.53 Å². The number of piperidine rings is 1. The van der Waals surface area contributed by atoms with Crippen LogP contribution < -0.4 is 5.32 Å². The van der Waals surface area contributed by atoms with E-state index in [1.807, 2.05) is 43.9 Å². The molecule has 1 fully saturated rings. The summed E-state index contributed by atoms with van der Waals surface area (Å²) >= 11 is 0. The Morgan fingerprint density at radius 1 is 1.32 bits per heavy atom. The number of nitrogens with zero attached hydrogens (tertiary/aromatic N) is 1. The average Bonchev–Trinajstić information content (AvgIpc) is 2.45. The molecule has 22 heavy (non-hydrogen) atoms. The average molecular weight is 304 g/mol. The third kappa shape index (κ3) is 5.02. The number of benzene rings is 1. The Bertz CT molecular complexity index is 496. The van der Waals surface area contributed by atoms with Crippen molar-refractivity contribution in [2.75, 3.05) is 13.1 Å². The Labute approximate surface area is 133 Å². The van der Waals surface area contributed by atoms with Gasteiger partial charge in [-0.25, -0.2) is 4.79 Å². The minimum Gasteiger partial charge on any atom is -0.444 e. The molecular formula is C18H28N2O2. The Hall–Kier alpha value is -1.55. The molecule has 1 aromatic rings. The molecule has 1 heterocycles. The van der Waals surface area contributed by atoms with Crippen molar-refractivity contribution in [1.82, 2.24) is 10.2 Å². The number of amides is 1. The zero-order valence-electron chi connectivity index (χ0n) is 14.2. The summed E-state index contributed by atoms with van der Waals surface area (Å²) < 4.78 is 5.49. The maximum absolute atomic E-state index is 12.3. The normalized spacial score (nSPS) is 22.5. The lowest BCUT2D eigenvalue weighted by atomic mass is 9.91. The van der Waals surface area contributed by atoms with Gasteiger partial charge in [-0.05, 0) is 46.1 Å². The highest BCUT2D eigenvalue weighted by molar-refractivity contribution is 5.68. The largest absolute Gasteiger partial charge is 0.444 e. The molecule has 4 nitrogen and oxygen atoms in total. The zero-order chi connectivity index (χ0) is 16.2. The van der Waals surface area contributed by atoms with E-state index in [9.17, 15) is 4.79 Å². The number of rotatable bonds is 3. The summed E-state index contributed by atoms with van der Waals surface area (Å²) in [5.74, 6) is 0. The molecule has 1 saturated heterocycles. The van der Waals surface area contributed by atoms with E-state index >= 15 is 0 Å². The zero-order valence-corrected chi connectivity index (χ0v) is 14.2. The van der Waals surface area contributed by atoms with Crippen molar-refractivity contribution in [3.05, 3.63) is 35.9 Å². The fourth-order valence-electron chi connectivity index (χ4n) is 2.78. The third-order valence-electron chi connectivity index (χ3n) is 3.91. The number of carbonyl (C=O) groups is 1. The molecule has 1 aliphatic rings. The lowest BCUT2D eigenvalue weighted by molar-refractivity contribution is 0.0122. The molecule has 4 heteroatoms. The van der Waals surface area contributed by atoms with Gasteiger partial charge >= 0.3 is 6.09 Å². The summed E-state index contributed by atoms with van der Waals surface area (Å²) in [6, 6.07) is 10.4. The van der Waals surface area contributed by atoms with E-state index in [0.717, 1.165) is 25.9 Å². The monoisotopic (exact) mass is 304 g/mol. The smallest absolute Gasteiger partial charge is 0.410 e. The van der Waals surface area contributed by atoms with Crippen LogP contribution in [0.25, 0.3) is 0 Å². The van der Waals surface area contributed by atoms with E-state index in [0.29, 0.717) is 6.54 Å². The molecule has 0 spiro atoms. The van der Waals surface area contributed by atoms with Crippen LogP contribution in [-0.4, -0.2) is 35.2 Å². The third-order valence-corrected chi connectivity index (χ3v) is 3.91. The Kier molecular flexibility index (Phi) is 5.12. The van der Waals surface area contributed by atoms with Gasteiger partial charge in [-0.15, -0.1) is 0 Å². The minimum atomic E-state index is -0.442. The first-order valence-corrected chi connectivity index (χ1v) is 8.04. The molecule has 0 saturated carbocycles. The van der Waals surface area contributed by atoms with Gasteiger partial charge in [0.05, 0.1) is 0 Å². The Balaban J connectivity index is 1.92. The van der Waals surface area contributed by atoms with Crippen molar-refractivity contribution in [1.29, 1.82) is 0 Å². The van der Waals surface area contributed by atoms with Gasteiger partial charge in [-0.1, -0.05) is 30.3 Å². The summed E-state index contributed by atoms with van der Waals surface area (Å²) in [6.45, 7) is 10.2. The second-order valence-corrected chi connectivity index (χ2v) is 7.41. The van der Waals surface area contributed by atoms with Crippen molar-refractivity contribution in [2.24, 2.45) is 0 Å². The quantitative estimate of drug-likeness (QED) is 0.928. The Morgan fingerprint density at radius 3 is 2.64 bits per heavy atom. The molecular weight excluding hydrogens is 276 g/mol. The summed E-state index contributed by atoms with van der Waals surface area (Å²) in [5.41, 5.74) is 0.756. The maximum Gasteiger partial charge on any atom is 0.410 e. The van der Waals surface area contributed by atoms with Crippen LogP contribution in [0, 0.1) is 0 Å². The highest BCUT2D eigenvalue weighted by Crippen LogP contribution is 2.23. The maximum atomic E-state index is 12.3. The van der Waals surface area contributed by atoms with E-state index in [1.54, 1.807) is 0 Å². The number of likely N-dealkylation sites (tertiary alicyclic amines) is 1. The number of carbonyl (C=O) groups excluding carboxylic acids is 1. The van der Waals surface area contributed by atoms with Crippen LogP contribution in [-0.2, 0) is 11.3 Å². The van der Waals surface area contributed by atoms with Crippen LogP contribution in [0.5, 0.6) is 0 Å². The van der Waals surface area contributed by atoms with Gasteiger partial charge < -0.3 is 15.0 Å². The molecule has 1 N–H and O–H groups in total. The molecule has 1 atom stereocenters. The molecule has 1 aliphatic heterocycles. The molecule has 1 amide bonds. The molecule has 0 bridgehead atoms. The topological polar surface area (TPSA) is 41.6 Å². The summed E-state index contributed by atoms with van der Waals surface area (Å²) in [5, 5.41) is 3.61. The molecule has 122 valence electrons. The lowest BCUT2D eigenvalue weighted by Gasteiger charge is -2.41. The van der Waals surface area contributed by atoms with Crippen LogP contribution in [0.4, 0.5) is 4.79 Å². The number of ether oxygens (including phenoxy) is 1.